The zero-order chi connectivity index (χ0) is 34.2. The summed E-state index contributed by atoms with van der Waals surface area (Å²) in [4.78, 5) is 52.6. The van der Waals surface area contributed by atoms with Gasteiger partial charge >= 0.3 is 0 Å². The lowest BCUT2D eigenvalue weighted by atomic mass is 9.86. The van der Waals surface area contributed by atoms with Crippen LogP contribution in [0.5, 0.6) is 5.88 Å². The second-order valence-corrected chi connectivity index (χ2v) is 9.41. The van der Waals surface area contributed by atoms with Gasteiger partial charge in [-0.1, -0.05) is 47.5 Å². The number of ether oxygens (including phenoxy) is 1. The van der Waals surface area contributed by atoms with Gasteiger partial charge in [0.1, 0.15) is 12.4 Å². The Bertz CT molecular complexity index is 1150. The molecular formula is C32H53N7O5. The maximum absolute atomic E-state index is 13.5. The average molecular weight is 616 g/mol. The third-order valence-corrected chi connectivity index (χ3v) is 6.52. The molecule has 2 heterocycles. The van der Waals surface area contributed by atoms with E-state index in [1.165, 1.54) is 12.3 Å². The fourth-order valence-electron chi connectivity index (χ4n) is 4.28. The Morgan fingerprint density at radius 3 is 2.27 bits per heavy atom. The van der Waals surface area contributed by atoms with Gasteiger partial charge in [-0.15, -0.1) is 12.8 Å². The van der Waals surface area contributed by atoms with Gasteiger partial charge in [0.15, 0.2) is 17.4 Å². The highest BCUT2D eigenvalue weighted by Crippen LogP contribution is 2.26. The average Bonchev–Trinajstić information content (AvgIpc) is 3.47. The molecule has 0 saturated carbocycles. The molecule has 0 unspecified atom stereocenters. The van der Waals surface area contributed by atoms with Gasteiger partial charge in [0, 0.05) is 37.4 Å². The second kappa shape index (κ2) is 24.4. The van der Waals surface area contributed by atoms with Crippen molar-refractivity contribution in [1.82, 2.24) is 14.9 Å². The van der Waals surface area contributed by atoms with Crippen LogP contribution in [0.3, 0.4) is 0 Å². The highest BCUT2D eigenvalue weighted by molar-refractivity contribution is 6.13. The van der Waals surface area contributed by atoms with Gasteiger partial charge in [0.2, 0.25) is 5.88 Å². The van der Waals surface area contributed by atoms with E-state index < -0.39 is 11.8 Å². The minimum atomic E-state index is -0.775. The zero-order valence-electron chi connectivity index (χ0n) is 27.5. The summed E-state index contributed by atoms with van der Waals surface area (Å²) in [6.07, 6.45) is 15.1. The summed E-state index contributed by atoms with van der Waals surface area (Å²) >= 11 is 0. The Balaban J connectivity index is 0. The van der Waals surface area contributed by atoms with Crippen LogP contribution in [0.4, 0.5) is 5.82 Å². The molecule has 1 fully saturated rings. The van der Waals surface area contributed by atoms with E-state index >= 15 is 0 Å². The van der Waals surface area contributed by atoms with E-state index in [0.717, 1.165) is 26.5 Å². The van der Waals surface area contributed by atoms with E-state index in [1.54, 1.807) is 13.0 Å². The van der Waals surface area contributed by atoms with Gasteiger partial charge in [0.25, 0.3) is 5.91 Å². The van der Waals surface area contributed by atoms with Crippen molar-refractivity contribution in [2.45, 2.75) is 85.6 Å². The number of nitrogens with two attached hydrogens (primary N) is 3. The van der Waals surface area contributed by atoms with E-state index in [9.17, 15) is 14.4 Å². The van der Waals surface area contributed by atoms with Crippen LogP contribution in [-0.4, -0.2) is 77.0 Å². The molecule has 1 aromatic heterocycles. The van der Waals surface area contributed by atoms with Gasteiger partial charge in [-0.25, -0.2) is 9.98 Å². The lowest BCUT2D eigenvalue weighted by molar-refractivity contribution is -0.131. The quantitative estimate of drug-likeness (QED) is 0.0982. The highest BCUT2D eigenvalue weighted by atomic mass is 16.5. The van der Waals surface area contributed by atoms with Crippen LogP contribution in [0.15, 0.2) is 28.4 Å². The molecule has 1 amide bonds. The van der Waals surface area contributed by atoms with Crippen LogP contribution in [0.1, 0.15) is 85.4 Å². The molecule has 12 heteroatoms. The molecular weight excluding hydrogens is 562 g/mol. The zero-order valence-corrected chi connectivity index (χ0v) is 27.5. The monoisotopic (exact) mass is 615 g/mol. The minimum Gasteiger partial charge on any atom is -0.476 e. The number of hydrogen-bond donors (Lipinski definition) is 4. The van der Waals surface area contributed by atoms with Crippen LogP contribution < -0.4 is 21.9 Å². The number of ketones is 2. The molecule has 1 aliphatic heterocycles. The standard InChI is InChI=1S/C27H41N7O4.C2H6.C2H2.CH4O/c1-5-9-18(21(35)7-3)25(36)19(10-6-2)24(29)27-32-22(31-13-12-20(28)26(30)37)15-23(33-27)38-16-17-11-8-14-34(17)4;3*1-2/h12-13,15,17-18H,5-11,14,16,28-29H2,1-4H3,(H2,30,37);1-2H3;1-2H;2H,1H3/b20-12-,24-19-,31-13+;;;/t17-,18-;;;/m0.../s1. The molecule has 1 aliphatic rings. The Hall–Kier alpha value is -4.08. The van der Waals surface area contributed by atoms with E-state index in [0.29, 0.717) is 37.9 Å². The van der Waals surface area contributed by atoms with Crippen molar-refractivity contribution in [3.05, 3.63) is 29.2 Å². The molecule has 2 atom stereocenters. The molecule has 12 nitrogen and oxygen atoms in total. The third-order valence-electron chi connectivity index (χ3n) is 6.52. The van der Waals surface area contributed by atoms with Crippen LogP contribution in [0.2, 0.25) is 0 Å². The van der Waals surface area contributed by atoms with Crippen LogP contribution in [0.25, 0.3) is 5.70 Å². The number of aliphatic hydroxyl groups excluding tert-OH is 1. The Labute approximate surface area is 263 Å². The van der Waals surface area contributed by atoms with Crippen molar-refractivity contribution in [3.8, 4) is 18.7 Å². The number of aliphatic hydroxyl groups is 1. The Morgan fingerprint density at radius 1 is 1.14 bits per heavy atom. The molecule has 0 aromatic carbocycles. The number of terminal acetylenes is 1. The van der Waals surface area contributed by atoms with Gasteiger partial charge in [-0.05, 0) is 45.4 Å². The Morgan fingerprint density at radius 2 is 1.77 bits per heavy atom. The predicted molar refractivity (Wildman–Crippen MR) is 177 cm³/mol. The van der Waals surface area contributed by atoms with Crippen molar-refractivity contribution in [2.24, 2.45) is 28.1 Å². The number of aromatic nitrogens is 2. The summed E-state index contributed by atoms with van der Waals surface area (Å²) in [6.45, 7) is 11.0. The number of carbonyl (C=O) groups is 3. The second-order valence-electron chi connectivity index (χ2n) is 9.41. The number of nitrogens with zero attached hydrogens (tertiary/aromatic N) is 4. The normalized spacial score (nSPS) is 15.8. The highest BCUT2D eigenvalue weighted by Gasteiger charge is 2.29. The molecule has 44 heavy (non-hydrogen) atoms. The van der Waals surface area contributed by atoms with Crippen LogP contribution >= 0.6 is 0 Å². The summed E-state index contributed by atoms with van der Waals surface area (Å²) in [5.74, 6) is -1.40. The molecule has 1 saturated heterocycles. The molecule has 2 rings (SSSR count). The van der Waals surface area contributed by atoms with Crippen molar-refractivity contribution in [1.29, 1.82) is 0 Å². The first-order chi connectivity index (χ1) is 21.1. The number of Topliss-reactive ketones (excluding diaryl/α,β-unsaturated/α-hetero) is 2. The van der Waals surface area contributed by atoms with Gasteiger partial charge < -0.3 is 31.9 Å². The number of amides is 1. The number of allylic oxidation sites excluding steroid dienone is 2. The first-order valence-corrected chi connectivity index (χ1v) is 15.0. The SMILES string of the molecule is C#C.CC.CCC/C(C(=O)[C@@H](CCC)C(=O)CC)=C(/N)c1nc(/N=C/C=C(\N)C(N)=O)cc(OC[C@@H]2CCCN2C)n1.CO. The minimum absolute atomic E-state index is 0.0808. The topological polar surface area (TPSA) is 200 Å². The van der Waals surface area contributed by atoms with Gasteiger partial charge in [-0.2, -0.15) is 4.98 Å². The fourth-order valence-corrected chi connectivity index (χ4v) is 4.28. The predicted octanol–water partition coefficient (Wildman–Crippen LogP) is 3.30. The van der Waals surface area contributed by atoms with Crippen LogP contribution in [0, 0.1) is 18.8 Å². The van der Waals surface area contributed by atoms with Gasteiger partial charge in [0.05, 0.1) is 17.3 Å². The van der Waals surface area contributed by atoms with Crippen molar-refractivity contribution >= 4 is 35.2 Å². The fraction of sp³-hybridized carbons (Fsp3) is 0.562. The van der Waals surface area contributed by atoms with E-state index in [-0.39, 0.29) is 52.9 Å². The van der Waals surface area contributed by atoms with Crippen molar-refractivity contribution < 1.29 is 24.2 Å². The number of carbonyl (C=O) groups excluding carboxylic acids is 3. The number of likely N-dealkylation sites (tertiary alicyclic amines) is 1. The smallest absolute Gasteiger partial charge is 0.264 e. The molecule has 0 radical (unpaired) electrons. The molecule has 7 N–H and O–H groups in total. The maximum Gasteiger partial charge on any atom is 0.264 e. The molecule has 0 spiro atoms. The molecule has 1 aromatic rings. The summed E-state index contributed by atoms with van der Waals surface area (Å²) < 4.78 is 6.00. The van der Waals surface area contributed by atoms with Crippen molar-refractivity contribution in [3.63, 3.8) is 0 Å². The van der Waals surface area contributed by atoms with E-state index in [1.807, 2.05) is 34.7 Å². The van der Waals surface area contributed by atoms with E-state index in [2.05, 4.69) is 32.7 Å². The molecule has 0 aliphatic carbocycles. The molecule has 0 bridgehead atoms. The summed E-state index contributed by atoms with van der Waals surface area (Å²) in [5, 5.41) is 7.00. The summed E-state index contributed by atoms with van der Waals surface area (Å²) in [5.41, 5.74) is 17.5. The number of aliphatic imine (C=N–C) groups is 1. The number of likely N-dealkylation sites (N-methyl/N-ethyl adjacent to an activating group) is 1. The lowest BCUT2D eigenvalue weighted by Crippen LogP contribution is -2.30. The number of hydrogen-bond acceptors (Lipinski definition) is 11. The first kappa shape index (κ1) is 42.1. The number of rotatable bonds is 15. The molecule has 246 valence electrons. The first-order valence-electron chi connectivity index (χ1n) is 15.0. The van der Waals surface area contributed by atoms with Gasteiger partial charge in [-0.3, -0.25) is 14.4 Å². The maximum atomic E-state index is 13.5. The lowest BCUT2D eigenvalue weighted by Gasteiger charge is -2.20. The number of primary amides is 1. The summed E-state index contributed by atoms with van der Waals surface area (Å²) in [7, 11) is 3.05. The van der Waals surface area contributed by atoms with E-state index in [4.69, 9.17) is 27.0 Å². The van der Waals surface area contributed by atoms with Crippen molar-refractivity contribution in [2.75, 3.05) is 27.3 Å². The largest absolute Gasteiger partial charge is 0.476 e. The van der Waals surface area contributed by atoms with Crippen LogP contribution in [-0.2, 0) is 14.4 Å². The summed E-state index contributed by atoms with van der Waals surface area (Å²) in [6, 6.07) is 1.79. The Kier molecular flexibility index (Phi) is 23.3. The third kappa shape index (κ3) is 13.9.